The maximum atomic E-state index is 12.8. The Labute approximate surface area is 150 Å². The summed E-state index contributed by atoms with van der Waals surface area (Å²) < 4.78 is 21.2. The maximum Gasteiger partial charge on any atom is 0.203 e. The fourth-order valence-electron chi connectivity index (χ4n) is 2.84. The summed E-state index contributed by atoms with van der Waals surface area (Å²) >= 11 is 0. The van der Waals surface area contributed by atoms with Crippen LogP contribution in [0.4, 0.5) is 0 Å². The minimum Gasteiger partial charge on any atom is -0.497 e. The van der Waals surface area contributed by atoms with Crippen molar-refractivity contribution in [3.05, 3.63) is 41.6 Å². The van der Waals surface area contributed by atoms with Crippen molar-refractivity contribution in [1.29, 1.82) is 0 Å². The quantitative estimate of drug-likeness (QED) is 0.655. The monoisotopic (exact) mass is 356 g/mol. The molecule has 0 amide bonds. The summed E-state index contributed by atoms with van der Waals surface area (Å²) in [7, 11) is 6.21. The summed E-state index contributed by atoms with van der Waals surface area (Å²) in [6, 6.07) is 8.95. The number of nitrogens with zero attached hydrogens (tertiary/aromatic N) is 1. The molecule has 0 unspecified atom stereocenters. The van der Waals surface area contributed by atoms with E-state index in [1.807, 2.05) is 6.07 Å². The highest BCUT2D eigenvalue weighted by atomic mass is 16.5. The molecule has 1 N–H and O–H groups in total. The number of carbonyl (C=O) groups is 1. The third-order valence-electron chi connectivity index (χ3n) is 4.12. The van der Waals surface area contributed by atoms with E-state index in [1.54, 1.807) is 31.4 Å². The minimum atomic E-state index is -0.115. The van der Waals surface area contributed by atoms with Crippen molar-refractivity contribution in [2.24, 2.45) is 0 Å². The number of aromatic nitrogens is 2. The predicted octanol–water partition coefficient (Wildman–Crippen LogP) is 3.02. The molecule has 2 aromatic carbocycles. The lowest BCUT2D eigenvalue weighted by Crippen LogP contribution is -2.06. The first-order chi connectivity index (χ1) is 12.6. The molecule has 0 fully saturated rings. The number of Topliss-reactive ketones (excluding diaryl/α,β-unsaturated/α-hetero) is 1. The van der Waals surface area contributed by atoms with Gasteiger partial charge in [0.25, 0.3) is 0 Å². The van der Waals surface area contributed by atoms with Gasteiger partial charge in [-0.2, -0.15) is 5.10 Å². The van der Waals surface area contributed by atoms with Gasteiger partial charge < -0.3 is 18.9 Å². The highest BCUT2D eigenvalue weighted by Gasteiger charge is 2.18. The van der Waals surface area contributed by atoms with Crippen molar-refractivity contribution in [1.82, 2.24) is 10.2 Å². The Morgan fingerprint density at radius 1 is 0.962 bits per heavy atom. The molecule has 7 nitrogen and oxygen atoms in total. The molecular weight excluding hydrogens is 336 g/mol. The molecule has 0 radical (unpaired) electrons. The number of benzene rings is 2. The van der Waals surface area contributed by atoms with Crippen molar-refractivity contribution in [3.8, 4) is 23.0 Å². The van der Waals surface area contributed by atoms with Crippen LogP contribution in [0, 0.1) is 0 Å². The lowest BCUT2D eigenvalue weighted by atomic mass is 10.0. The van der Waals surface area contributed by atoms with E-state index in [2.05, 4.69) is 10.2 Å². The highest BCUT2D eigenvalue weighted by molar-refractivity contribution is 6.06. The summed E-state index contributed by atoms with van der Waals surface area (Å²) in [4.78, 5) is 12.8. The molecular formula is C19H20N2O5. The average Bonchev–Trinajstić information content (AvgIpc) is 3.10. The summed E-state index contributed by atoms with van der Waals surface area (Å²) in [5.41, 5.74) is 1.88. The number of aromatic amines is 1. The standard InChI is InChI=1S/C19H20N2O5/c1-23-12-5-6-13-14(10-12)20-21-18(13)15(22)7-11-8-16(24-2)19(26-4)17(9-11)25-3/h5-6,8-10H,7H2,1-4H3,(H,20,21). The second kappa shape index (κ2) is 7.35. The fourth-order valence-corrected chi connectivity index (χ4v) is 2.84. The van der Waals surface area contributed by atoms with Gasteiger partial charge in [0.05, 0.1) is 34.0 Å². The SMILES string of the molecule is COc1ccc2c(C(=O)Cc3cc(OC)c(OC)c(OC)c3)n[nH]c2c1. The van der Waals surface area contributed by atoms with E-state index in [1.165, 1.54) is 21.3 Å². The Kier molecular flexibility index (Phi) is 4.97. The van der Waals surface area contributed by atoms with Gasteiger partial charge in [0.2, 0.25) is 5.75 Å². The van der Waals surface area contributed by atoms with Gasteiger partial charge in [-0.3, -0.25) is 9.89 Å². The van der Waals surface area contributed by atoms with Gasteiger partial charge in [-0.25, -0.2) is 0 Å². The Bertz CT molecular complexity index is 923. The molecule has 0 spiro atoms. The molecule has 0 aliphatic rings. The van der Waals surface area contributed by atoms with Crippen LogP contribution in [-0.4, -0.2) is 44.4 Å². The molecule has 136 valence electrons. The first-order valence-electron chi connectivity index (χ1n) is 7.95. The lowest BCUT2D eigenvalue weighted by molar-refractivity contribution is 0.0989. The number of nitrogens with one attached hydrogen (secondary N) is 1. The number of ether oxygens (including phenoxy) is 4. The molecule has 3 rings (SSSR count). The number of methoxy groups -OCH3 is 4. The first kappa shape index (κ1) is 17.6. The third kappa shape index (κ3) is 3.15. The Balaban J connectivity index is 1.93. The van der Waals surface area contributed by atoms with Crippen LogP contribution in [0.3, 0.4) is 0 Å². The van der Waals surface area contributed by atoms with Crippen molar-refractivity contribution < 1.29 is 23.7 Å². The number of hydrogen-bond donors (Lipinski definition) is 1. The van der Waals surface area contributed by atoms with Crippen LogP contribution in [0.2, 0.25) is 0 Å². The van der Waals surface area contributed by atoms with Crippen molar-refractivity contribution in [2.75, 3.05) is 28.4 Å². The molecule has 1 heterocycles. The Hall–Kier alpha value is -3.22. The molecule has 26 heavy (non-hydrogen) atoms. The van der Waals surface area contributed by atoms with Crippen LogP contribution < -0.4 is 18.9 Å². The molecule has 0 aliphatic heterocycles. The van der Waals surface area contributed by atoms with Crippen LogP contribution in [0.5, 0.6) is 23.0 Å². The zero-order valence-corrected chi connectivity index (χ0v) is 15.1. The normalized spacial score (nSPS) is 10.6. The van der Waals surface area contributed by atoms with E-state index >= 15 is 0 Å². The average molecular weight is 356 g/mol. The van der Waals surface area contributed by atoms with Gasteiger partial charge in [0.15, 0.2) is 17.3 Å². The third-order valence-corrected chi connectivity index (χ3v) is 4.12. The predicted molar refractivity (Wildman–Crippen MR) is 96.8 cm³/mol. The fraction of sp³-hybridized carbons (Fsp3) is 0.263. The van der Waals surface area contributed by atoms with E-state index in [0.29, 0.717) is 28.7 Å². The number of H-pyrrole nitrogens is 1. The summed E-state index contributed by atoms with van der Waals surface area (Å²) in [6.45, 7) is 0. The molecule has 0 saturated carbocycles. The van der Waals surface area contributed by atoms with Crippen LogP contribution in [0.15, 0.2) is 30.3 Å². The molecule has 0 atom stereocenters. The number of carbonyl (C=O) groups excluding carboxylic acids is 1. The van der Waals surface area contributed by atoms with Crippen molar-refractivity contribution in [3.63, 3.8) is 0 Å². The van der Waals surface area contributed by atoms with E-state index in [0.717, 1.165) is 16.5 Å². The van der Waals surface area contributed by atoms with Gasteiger partial charge in [-0.15, -0.1) is 0 Å². The summed E-state index contributed by atoms with van der Waals surface area (Å²) in [5, 5.41) is 7.79. The zero-order chi connectivity index (χ0) is 18.7. The molecule has 1 aromatic heterocycles. The van der Waals surface area contributed by atoms with Gasteiger partial charge in [-0.05, 0) is 29.8 Å². The molecule has 0 aliphatic carbocycles. The van der Waals surface area contributed by atoms with Gasteiger partial charge in [0.1, 0.15) is 11.4 Å². The second-order valence-corrected chi connectivity index (χ2v) is 5.62. The Morgan fingerprint density at radius 2 is 1.65 bits per heavy atom. The number of rotatable bonds is 7. The zero-order valence-electron chi connectivity index (χ0n) is 15.1. The molecule has 0 bridgehead atoms. The van der Waals surface area contributed by atoms with Crippen molar-refractivity contribution >= 4 is 16.7 Å². The van der Waals surface area contributed by atoms with Gasteiger partial charge in [0, 0.05) is 17.9 Å². The van der Waals surface area contributed by atoms with Crippen LogP contribution in [-0.2, 0) is 6.42 Å². The Morgan fingerprint density at radius 3 is 2.23 bits per heavy atom. The van der Waals surface area contributed by atoms with E-state index in [4.69, 9.17) is 18.9 Å². The van der Waals surface area contributed by atoms with Crippen LogP contribution >= 0.6 is 0 Å². The molecule has 3 aromatic rings. The highest BCUT2D eigenvalue weighted by Crippen LogP contribution is 2.38. The number of hydrogen-bond acceptors (Lipinski definition) is 6. The van der Waals surface area contributed by atoms with Crippen LogP contribution in [0.1, 0.15) is 16.1 Å². The molecule has 7 heteroatoms. The van der Waals surface area contributed by atoms with E-state index < -0.39 is 0 Å². The number of fused-ring (bicyclic) bond motifs is 1. The first-order valence-corrected chi connectivity index (χ1v) is 7.95. The van der Waals surface area contributed by atoms with E-state index in [-0.39, 0.29) is 12.2 Å². The topological polar surface area (TPSA) is 82.7 Å². The smallest absolute Gasteiger partial charge is 0.203 e. The lowest BCUT2D eigenvalue weighted by Gasteiger charge is -2.13. The van der Waals surface area contributed by atoms with Crippen LogP contribution in [0.25, 0.3) is 10.9 Å². The van der Waals surface area contributed by atoms with E-state index in [9.17, 15) is 4.79 Å². The second-order valence-electron chi connectivity index (χ2n) is 5.62. The minimum absolute atomic E-state index is 0.115. The van der Waals surface area contributed by atoms with Gasteiger partial charge >= 0.3 is 0 Å². The summed E-state index contributed by atoms with van der Waals surface area (Å²) in [6.07, 6.45) is 0.155. The number of ketones is 1. The molecule has 0 saturated heterocycles. The maximum absolute atomic E-state index is 12.8. The van der Waals surface area contributed by atoms with Crippen molar-refractivity contribution in [2.45, 2.75) is 6.42 Å². The largest absolute Gasteiger partial charge is 0.497 e. The van der Waals surface area contributed by atoms with Gasteiger partial charge in [-0.1, -0.05) is 0 Å². The summed E-state index contributed by atoms with van der Waals surface area (Å²) in [5.74, 6) is 2.08.